The van der Waals surface area contributed by atoms with Crippen LogP contribution in [0.3, 0.4) is 0 Å². The molecule has 1 fully saturated rings. The maximum absolute atomic E-state index is 11.7. The van der Waals surface area contributed by atoms with E-state index in [0.29, 0.717) is 19.6 Å². The molecule has 0 aromatic heterocycles. The van der Waals surface area contributed by atoms with Gasteiger partial charge in [-0.1, -0.05) is 30.3 Å². The number of amides is 1. The van der Waals surface area contributed by atoms with E-state index in [1.54, 1.807) is 0 Å². The molecule has 1 aromatic rings. The summed E-state index contributed by atoms with van der Waals surface area (Å²) in [6.45, 7) is 2.99. The van der Waals surface area contributed by atoms with Crippen LogP contribution in [0.2, 0.25) is 0 Å². The highest BCUT2D eigenvalue weighted by Gasteiger charge is 2.14. The van der Waals surface area contributed by atoms with Crippen molar-refractivity contribution in [3.63, 3.8) is 0 Å². The fourth-order valence-corrected chi connectivity index (χ4v) is 2.20. The lowest BCUT2D eigenvalue weighted by molar-refractivity contribution is -0.123. The van der Waals surface area contributed by atoms with Gasteiger partial charge in [0.15, 0.2) is 0 Å². The van der Waals surface area contributed by atoms with Gasteiger partial charge in [0.25, 0.3) is 0 Å². The largest absolute Gasteiger partial charge is 0.376 e. The van der Waals surface area contributed by atoms with E-state index in [-0.39, 0.29) is 11.9 Å². The van der Waals surface area contributed by atoms with E-state index in [4.69, 9.17) is 4.74 Å². The summed E-state index contributed by atoms with van der Waals surface area (Å²) in [5.41, 5.74) is 1.14. The molecule has 1 amide bonds. The van der Waals surface area contributed by atoms with Gasteiger partial charge in [-0.15, -0.1) is 0 Å². The molecule has 1 aromatic carbocycles. The summed E-state index contributed by atoms with van der Waals surface area (Å²) in [4.78, 5) is 11.7. The third-order valence-electron chi connectivity index (χ3n) is 3.25. The first kappa shape index (κ1) is 14.0. The number of carbonyl (C=O) groups is 1. The Labute approximate surface area is 114 Å². The van der Waals surface area contributed by atoms with Gasteiger partial charge in [0, 0.05) is 19.0 Å². The summed E-state index contributed by atoms with van der Waals surface area (Å²) in [6, 6.07) is 10.3. The lowest BCUT2D eigenvalue weighted by Crippen LogP contribution is -2.45. The van der Waals surface area contributed by atoms with Gasteiger partial charge < -0.3 is 15.4 Å². The van der Waals surface area contributed by atoms with Crippen molar-refractivity contribution in [2.24, 2.45) is 0 Å². The second kappa shape index (κ2) is 7.92. The summed E-state index contributed by atoms with van der Waals surface area (Å²) in [5, 5.41) is 6.32. The zero-order valence-electron chi connectivity index (χ0n) is 11.2. The van der Waals surface area contributed by atoms with Crippen LogP contribution in [-0.4, -0.2) is 31.6 Å². The smallest absolute Gasteiger partial charge is 0.222 e. The molecule has 0 aliphatic carbocycles. The molecule has 0 spiro atoms. The SMILES string of the molecule is O=C(CCOCc1ccccc1)NC1CCCNC1. The molecule has 1 saturated heterocycles. The maximum Gasteiger partial charge on any atom is 0.222 e. The number of rotatable bonds is 6. The minimum atomic E-state index is 0.0850. The third kappa shape index (κ3) is 5.41. The van der Waals surface area contributed by atoms with Gasteiger partial charge in [0.1, 0.15) is 0 Å². The molecule has 0 bridgehead atoms. The van der Waals surface area contributed by atoms with Crippen molar-refractivity contribution in [1.82, 2.24) is 10.6 Å². The molecule has 4 nitrogen and oxygen atoms in total. The van der Waals surface area contributed by atoms with Gasteiger partial charge in [-0.2, -0.15) is 0 Å². The highest BCUT2D eigenvalue weighted by atomic mass is 16.5. The Balaban J connectivity index is 1.56. The molecule has 1 heterocycles. The van der Waals surface area contributed by atoms with Gasteiger partial charge in [-0.25, -0.2) is 0 Å². The van der Waals surface area contributed by atoms with Crippen molar-refractivity contribution in [3.8, 4) is 0 Å². The number of hydrogen-bond acceptors (Lipinski definition) is 3. The van der Waals surface area contributed by atoms with Crippen LogP contribution in [0.5, 0.6) is 0 Å². The molecule has 1 aliphatic rings. The molecule has 1 atom stereocenters. The Hall–Kier alpha value is -1.39. The Bertz CT molecular complexity index is 375. The monoisotopic (exact) mass is 262 g/mol. The van der Waals surface area contributed by atoms with Gasteiger partial charge in [0.05, 0.1) is 13.2 Å². The molecule has 1 aliphatic heterocycles. The maximum atomic E-state index is 11.7. The van der Waals surface area contributed by atoms with Crippen molar-refractivity contribution >= 4 is 5.91 Å². The Morgan fingerprint density at radius 3 is 2.95 bits per heavy atom. The van der Waals surface area contributed by atoms with Gasteiger partial charge in [0.2, 0.25) is 5.91 Å². The first-order valence-corrected chi connectivity index (χ1v) is 6.96. The van der Waals surface area contributed by atoms with Crippen LogP contribution in [-0.2, 0) is 16.1 Å². The van der Waals surface area contributed by atoms with E-state index in [9.17, 15) is 4.79 Å². The highest BCUT2D eigenvalue weighted by Crippen LogP contribution is 2.03. The summed E-state index contributed by atoms with van der Waals surface area (Å²) < 4.78 is 5.50. The summed E-state index contributed by atoms with van der Waals surface area (Å²) in [5.74, 6) is 0.0850. The number of piperidine rings is 1. The molecular formula is C15H22N2O2. The van der Waals surface area contributed by atoms with Crippen molar-refractivity contribution in [2.45, 2.75) is 31.9 Å². The quantitative estimate of drug-likeness (QED) is 0.763. The van der Waals surface area contributed by atoms with E-state index in [1.807, 2.05) is 30.3 Å². The van der Waals surface area contributed by atoms with Crippen LogP contribution in [0, 0.1) is 0 Å². The standard InChI is InChI=1S/C15H22N2O2/c18-15(17-14-7-4-9-16-11-14)8-10-19-12-13-5-2-1-3-6-13/h1-3,5-6,14,16H,4,7-12H2,(H,17,18). The first-order chi connectivity index (χ1) is 9.34. The number of benzene rings is 1. The van der Waals surface area contributed by atoms with E-state index in [2.05, 4.69) is 10.6 Å². The van der Waals surface area contributed by atoms with Crippen LogP contribution in [0.4, 0.5) is 0 Å². The minimum Gasteiger partial charge on any atom is -0.376 e. The predicted molar refractivity (Wildman–Crippen MR) is 74.7 cm³/mol. The Kier molecular flexibility index (Phi) is 5.85. The molecular weight excluding hydrogens is 240 g/mol. The zero-order valence-corrected chi connectivity index (χ0v) is 11.2. The minimum absolute atomic E-state index is 0.0850. The normalized spacial score (nSPS) is 19.1. The van der Waals surface area contributed by atoms with Crippen LogP contribution in [0.25, 0.3) is 0 Å². The second-order valence-corrected chi connectivity index (χ2v) is 4.90. The highest BCUT2D eigenvalue weighted by molar-refractivity contribution is 5.76. The molecule has 2 rings (SSSR count). The average Bonchev–Trinajstić information content (AvgIpc) is 2.46. The van der Waals surface area contributed by atoms with Gasteiger partial charge in [-0.3, -0.25) is 4.79 Å². The Morgan fingerprint density at radius 1 is 1.37 bits per heavy atom. The summed E-state index contributed by atoms with van der Waals surface area (Å²) in [6.07, 6.45) is 2.64. The number of hydrogen-bond donors (Lipinski definition) is 2. The Morgan fingerprint density at radius 2 is 2.21 bits per heavy atom. The molecule has 0 saturated carbocycles. The molecule has 104 valence electrons. The zero-order chi connectivity index (χ0) is 13.3. The van der Waals surface area contributed by atoms with Crippen molar-refractivity contribution in [1.29, 1.82) is 0 Å². The van der Waals surface area contributed by atoms with Crippen LogP contribution in [0.15, 0.2) is 30.3 Å². The number of nitrogens with one attached hydrogen (secondary N) is 2. The van der Waals surface area contributed by atoms with Crippen LogP contribution in [0.1, 0.15) is 24.8 Å². The first-order valence-electron chi connectivity index (χ1n) is 6.96. The molecule has 0 radical (unpaired) electrons. The summed E-state index contributed by atoms with van der Waals surface area (Å²) in [7, 11) is 0. The number of ether oxygens (including phenoxy) is 1. The van der Waals surface area contributed by atoms with Gasteiger partial charge in [-0.05, 0) is 24.9 Å². The molecule has 4 heteroatoms. The molecule has 2 N–H and O–H groups in total. The van der Waals surface area contributed by atoms with E-state index in [1.165, 1.54) is 0 Å². The van der Waals surface area contributed by atoms with Gasteiger partial charge >= 0.3 is 0 Å². The number of carbonyl (C=O) groups excluding carboxylic acids is 1. The lowest BCUT2D eigenvalue weighted by Gasteiger charge is -2.23. The van der Waals surface area contributed by atoms with E-state index < -0.39 is 0 Å². The molecule has 19 heavy (non-hydrogen) atoms. The summed E-state index contributed by atoms with van der Waals surface area (Å²) >= 11 is 0. The van der Waals surface area contributed by atoms with Crippen molar-refractivity contribution < 1.29 is 9.53 Å². The second-order valence-electron chi connectivity index (χ2n) is 4.90. The fraction of sp³-hybridized carbons (Fsp3) is 0.533. The fourth-order valence-electron chi connectivity index (χ4n) is 2.20. The third-order valence-corrected chi connectivity index (χ3v) is 3.25. The molecule has 1 unspecified atom stereocenters. The van der Waals surface area contributed by atoms with Crippen molar-refractivity contribution in [2.75, 3.05) is 19.7 Å². The van der Waals surface area contributed by atoms with E-state index in [0.717, 1.165) is 31.5 Å². The lowest BCUT2D eigenvalue weighted by atomic mass is 10.1. The van der Waals surface area contributed by atoms with E-state index >= 15 is 0 Å². The average molecular weight is 262 g/mol. The van der Waals surface area contributed by atoms with Crippen molar-refractivity contribution in [3.05, 3.63) is 35.9 Å². The van der Waals surface area contributed by atoms with Crippen LogP contribution < -0.4 is 10.6 Å². The topological polar surface area (TPSA) is 50.4 Å². The predicted octanol–water partition coefficient (Wildman–Crippen LogP) is 1.46. The van der Waals surface area contributed by atoms with Crippen LogP contribution >= 0.6 is 0 Å².